The molecule has 1 aliphatic heterocycles. The lowest BCUT2D eigenvalue weighted by Crippen LogP contribution is -2.40. The van der Waals surface area contributed by atoms with Crippen molar-refractivity contribution in [1.82, 2.24) is 14.8 Å². The van der Waals surface area contributed by atoms with Crippen molar-refractivity contribution in [2.45, 2.75) is 44.4 Å². The average molecular weight is 344 g/mol. The normalized spacial score (nSPS) is 28.1. The Morgan fingerprint density at radius 1 is 1.46 bits per heavy atom. The van der Waals surface area contributed by atoms with Gasteiger partial charge in [0, 0.05) is 0 Å². The van der Waals surface area contributed by atoms with Crippen LogP contribution >= 0.6 is 0 Å². The van der Waals surface area contributed by atoms with Gasteiger partial charge in [-0.2, -0.15) is 9.78 Å². The van der Waals surface area contributed by atoms with Crippen molar-refractivity contribution in [3.8, 4) is 0 Å². The molecule has 134 valence electrons. The number of aromatic nitrogens is 3. The Kier molecular flexibility index (Phi) is 5.49. The van der Waals surface area contributed by atoms with E-state index in [1.54, 1.807) is 13.8 Å². The lowest BCUT2D eigenvalue weighted by molar-refractivity contribution is -0.153. The van der Waals surface area contributed by atoms with Gasteiger partial charge in [0.05, 0.1) is 0 Å². The van der Waals surface area contributed by atoms with Gasteiger partial charge in [0.15, 0.2) is 6.23 Å². The van der Waals surface area contributed by atoms with Gasteiger partial charge in [-0.15, -0.1) is 0 Å². The SMILES string of the molecule is CC(C)[C@@H](N)C(=O)OC[C@H]1O[C@@H](n2ncc(=O)[nH]c2=O)C(O)C1O. The van der Waals surface area contributed by atoms with Crippen molar-refractivity contribution in [2.24, 2.45) is 11.7 Å². The number of aliphatic hydroxyl groups excluding tert-OH is 2. The zero-order chi connectivity index (χ0) is 18.0. The summed E-state index contributed by atoms with van der Waals surface area (Å²) in [5.74, 6) is -0.799. The van der Waals surface area contributed by atoms with E-state index in [0.717, 1.165) is 6.20 Å². The van der Waals surface area contributed by atoms with Crippen LogP contribution < -0.4 is 17.0 Å². The molecule has 0 saturated carbocycles. The van der Waals surface area contributed by atoms with Crippen LogP contribution in [-0.2, 0) is 14.3 Å². The van der Waals surface area contributed by atoms with Gasteiger partial charge >= 0.3 is 11.7 Å². The predicted octanol–water partition coefficient (Wildman–Crippen LogP) is -2.92. The van der Waals surface area contributed by atoms with Crippen molar-refractivity contribution in [1.29, 1.82) is 0 Å². The third kappa shape index (κ3) is 3.70. The molecule has 1 aliphatic rings. The van der Waals surface area contributed by atoms with E-state index < -0.39 is 47.8 Å². The van der Waals surface area contributed by atoms with Gasteiger partial charge in [-0.1, -0.05) is 13.8 Å². The second kappa shape index (κ2) is 7.21. The van der Waals surface area contributed by atoms with Gasteiger partial charge in [0.25, 0.3) is 5.56 Å². The minimum absolute atomic E-state index is 0.130. The summed E-state index contributed by atoms with van der Waals surface area (Å²) in [4.78, 5) is 36.4. The Hall–Kier alpha value is -2.08. The van der Waals surface area contributed by atoms with E-state index in [1.807, 2.05) is 4.98 Å². The minimum Gasteiger partial charge on any atom is -0.462 e. The van der Waals surface area contributed by atoms with Gasteiger partial charge in [-0.25, -0.2) is 4.79 Å². The highest BCUT2D eigenvalue weighted by Crippen LogP contribution is 2.27. The first kappa shape index (κ1) is 18.3. The highest BCUT2D eigenvalue weighted by atomic mass is 16.6. The number of carbonyl (C=O) groups is 1. The fourth-order valence-electron chi connectivity index (χ4n) is 2.14. The van der Waals surface area contributed by atoms with Crippen LogP contribution in [0, 0.1) is 5.92 Å². The Morgan fingerprint density at radius 2 is 2.12 bits per heavy atom. The number of nitrogens with one attached hydrogen (secondary N) is 1. The Bertz CT molecular complexity index is 700. The smallest absolute Gasteiger partial charge is 0.347 e. The molecule has 1 aromatic heterocycles. The molecule has 5 atom stereocenters. The molecule has 0 radical (unpaired) electrons. The monoisotopic (exact) mass is 344 g/mol. The van der Waals surface area contributed by atoms with Crippen LogP contribution in [0.4, 0.5) is 0 Å². The van der Waals surface area contributed by atoms with Gasteiger partial charge in [-0.3, -0.25) is 14.6 Å². The highest BCUT2D eigenvalue weighted by Gasteiger charge is 2.45. The fourth-order valence-corrected chi connectivity index (χ4v) is 2.14. The zero-order valence-corrected chi connectivity index (χ0v) is 13.2. The number of H-pyrrole nitrogens is 1. The summed E-state index contributed by atoms with van der Waals surface area (Å²) < 4.78 is 11.0. The molecule has 1 fully saturated rings. The predicted molar refractivity (Wildman–Crippen MR) is 78.8 cm³/mol. The molecule has 2 rings (SSSR count). The second-order valence-electron chi connectivity index (χ2n) is 5.83. The summed E-state index contributed by atoms with van der Waals surface area (Å²) >= 11 is 0. The number of carbonyl (C=O) groups excluding carboxylic acids is 1. The number of ether oxygens (including phenoxy) is 2. The lowest BCUT2D eigenvalue weighted by Gasteiger charge is -2.18. The number of aromatic amines is 1. The summed E-state index contributed by atoms with van der Waals surface area (Å²) in [6, 6.07) is -0.826. The molecule has 5 N–H and O–H groups in total. The van der Waals surface area contributed by atoms with E-state index >= 15 is 0 Å². The van der Waals surface area contributed by atoms with Crippen LogP contribution in [-0.4, -0.2) is 61.9 Å². The molecule has 11 nitrogen and oxygen atoms in total. The van der Waals surface area contributed by atoms with Gasteiger partial charge < -0.3 is 25.4 Å². The summed E-state index contributed by atoms with van der Waals surface area (Å²) in [6.07, 6.45) is -4.48. The van der Waals surface area contributed by atoms with E-state index in [9.17, 15) is 24.6 Å². The van der Waals surface area contributed by atoms with Crippen LogP contribution in [0.25, 0.3) is 0 Å². The molecule has 0 amide bonds. The number of hydrogen-bond donors (Lipinski definition) is 4. The van der Waals surface area contributed by atoms with Crippen molar-refractivity contribution in [3.63, 3.8) is 0 Å². The van der Waals surface area contributed by atoms with Crippen LogP contribution in [0.1, 0.15) is 20.1 Å². The molecule has 1 aromatic rings. The largest absolute Gasteiger partial charge is 0.462 e. The Morgan fingerprint density at radius 3 is 2.71 bits per heavy atom. The first-order chi connectivity index (χ1) is 11.2. The molecule has 24 heavy (non-hydrogen) atoms. The standard InChI is InChI=1S/C13H20N4O7/c1-5(2)8(14)12(21)23-4-6-9(19)10(20)11(24-6)17-13(22)16-7(18)3-15-17/h3,5-6,8-11,19-20H,4,14H2,1-2H3,(H,16,18,22)/t6-,8-,9?,10?,11-/m1/s1. The molecule has 1 saturated heterocycles. The molecule has 2 heterocycles. The third-order valence-corrected chi connectivity index (χ3v) is 3.70. The van der Waals surface area contributed by atoms with Gasteiger partial charge in [0.1, 0.15) is 37.2 Å². The maximum atomic E-state index is 11.7. The number of nitrogens with two attached hydrogens (primary N) is 1. The molecular formula is C13H20N4O7. The van der Waals surface area contributed by atoms with Crippen molar-refractivity contribution >= 4 is 5.97 Å². The number of nitrogens with zero attached hydrogens (tertiary/aromatic N) is 2. The maximum absolute atomic E-state index is 11.7. The Labute approximate surface area is 136 Å². The fraction of sp³-hybridized carbons (Fsp3) is 0.692. The molecule has 0 aliphatic carbocycles. The first-order valence-corrected chi connectivity index (χ1v) is 7.34. The number of rotatable bonds is 5. The van der Waals surface area contributed by atoms with Gasteiger partial charge in [-0.05, 0) is 5.92 Å². The summed E-state index contributed by atoms with van der Waals surface area (Å²) in [5, 5.41) is 23.6. The lowest BCUT2D eigenvalue weighted by atomic mass is 10.1. The topological polar surface area (TPSA) is 170 Å². The highest BCUT2D eigenvalue weighted by molar-refractivity contribution is 5.75. The van der Waals surface area contributed by atoms with E-state index in [2.05, 4.69) is 5.10 Å². The van der Waals surface area contributed by atoms with E-state index in [0.29, 0.717) is 4.68 Å². The van der Waals surface area contributed by atoms with Crippen LogP contribution in [0.15, 0.2) is 15.8 Å². The van der Waals surface area contributed by atoms with Crippen molar-refractivity contribution < 1.29 is 24.5 Å². The minimum atomic E-state index is -1.50. The molecular weight excluding hydrogens is 324 g/mol. The average Bonchev–Trinajstić information content (AvgIpc) is 2.80. The molecule has 0 spiro atoms. The first-order valence-electron chi connectivity index (χ1n) is 7.34. The molecule has 0 bridgehead atoms. The van der Waals surface area contributed by atoms with Crippen LogP contribution in [0.3, 0.4) is 0 Å². The second-order valence-corrected chi connectivity index (χ2v) is 5.83. The summed E-state index contributed by atoms with van der Waals surface area (Å²) in [6.45, 7) is 3.15. The van der Waals surface area contributed by atoms with Crippen molar-refractivity contribution in [3.05, 3.63) is 27.0 Å². The van der Waals surface area contributed by atoms with E-state index in [-0.39, 0.29) is 12.5 Å². The van der Waals surface area contributed by atoms with Gasteiger partial charge in [0.2, 0.25) is 0 Å². The third-order valence-electron chi connectivity index (χ3n) is 3.70. The van der Waals surface area contributed by atoms with E-state index in [1.165, 1.54) is 0 Å². The van der Waals surface area contributed by atoms with E-state index in [4.69, 9.17) is 15.2 Å². The number of hydrogen-bond acceptors (Lipinski definition) is 9. The zero-order valence-electron chi connectivity index (χ0n) is 13.2. The quantitative estimate of drug-likeness (QED) is 0.408. The van der Waals surface area contributed by atoms with Crippen molar-refractivity contribution in [2.75, 3.05) is 6.61 Å². The summed E-state index contributed by atoms with van der Waals surface area (Å²) in [7, 11) is 0. The molecule has 11 heteroatoms. The number of esters is 1. The number of aliphatic hydroxyl groups is 2. The van der Waals surface area contributed by atoms with Crippen LogP contribution in [0.2, 0.25) is 0 Å². The molecule has 2 unspecified atom stereocenters. The summed E-state index contributed by atoms with van der Waals surface area (Å²) in [5.41, 5.74) is 4.03. The maximum Gasteiger partial charge on any atom is 0.347 e. The molecule has 0 aromatic carbocycles. The Balaban J connectivity index is 2.06. The van der Waals surface area contributed by atoms with Crippen LogP contribution in [0.5, 0.6) is 0 Å².